The Hall–Kier alpha value is -11.0. The van der Waals surface area contributed by atoms with E-state index in [0.29, 0.717) is 32.6 Å². The number of ether oxygens (including phenoxy) is 6. The molecule has 2 fully saturated rings. The number of aryl methyl sites for hydroxylation is 2. The Morgan fingerprint density at radius 2 is 1.14 bits per heavy atom. The van der Waals surface area contributed by atoms with Crippen LogP contribution in [-0.2, 0) is 56.9 Å². The molecule has 0 radical (unpaired) electrons. The second kappa shape index (κ2) is 33.3. The summed E-state index contributed by atoms with van der Waals surface area (Å²) in [5, 5.41) is 18.0. The van der Waals surface area contributed by atoms with Gasteiger partial charge >= 0.3 is 30.3 Å². The lowest BCUT2D eigenvalue weighted by atomic mass is 9.95. The third-order valence-electron chi connectivity index (χ3n) is 13.0. The van der Waals surface area contributed by atoms with Crippen LogP contribution in [0, 0.1) is 37.8 Å². The number of urea groups is 2. The van der Waals surface area contributed by atoms with Crippen LogP contribution in [0.3, 0.4) is 0 Å². The lowest BCUT2D eigenvalue weighted by Crippen LogP contribution is -2.54. The molecule has 9 heterocycles. The minimum absolute atomic E-state index is 0.00491. The number of halogens is 5. The van der Waals surface area contributed by atoms with Crippen LogP contribution in [0.2, 0.25) is 0 Å². The smallest absolute Gasteiger partial charge is 0.373 e. The molecule has 11 rings (SSSR count). The predicted molar refractivity (Wildman–Crippen MR) is 324 cm³/mol. The van der Waals surface area contributed by atoms with E-state index in [2.05, 4.69) is 99.1 Å². The highest BCUT2D eigenvalue weighted by Gasteiger charge is 2.54. The van der Waals surface area contributed by atoms with Crippen molar-refractivity contribution in [1.29, 1.82) is 0 Å². The molecule has 5 aromatic heterocycles. The number of carbonyl (C=O) groups is 8. The van der Waals surface area contributed by atoms with Crippen LogP contribution >= 0.6 is 47.8 Å². The molecule has 0 bridgehead atoms. The molecular formula is C59H49Br3F2N10O20. The van der Waals surface area contributed by atoms with E-state index in [0.717, 1.165) is 21.7 Å². The molecule has 4 aliphatic heterocycles. The number of nitrogens with zero attached hydrogens (tertiary/aromatic N) is 6. The third kappa shape index (κ3) is 17.3. The number of esters is 1. The molecule has 0 saturated carbocycles. The van der Waals surface area contributed by atoms with E-state index in [1.165, 1.54) is 74.6 Å². The summed E-state index contributed by atoms with van der Waals surface area (Å²) >= 11 is 9.50. The number of pyridine rings is 4. The number of rotatable bonds is 12. The number of furan rings is 1. The maximum absolute atomic E-state index is 14.8. The number of fused-ring (bicyclic) bond motifs is 3. The van der Waals surface area contributed by atoms with E-state index >= 15 is 0 Å². The molecular weight excluding hydrogens is 1450 g/mol. The van der Waals surface area contributed by atoms with Crippen LogP contribution in [0.5, 0.6) is 34.6 Å². The van der Waals surface area contributed by atoms with E-state index in [9.17, 15) is 47.1 Å². The van der Waals surface area contributed by atoms with Crippen LogP contribution in [0.1, 0.15) is 59.5 Å². The molecule has 8 amide bonds. The van der Waals surface area contributed by atoms with Gasteiger partial charge < -0.3 is 58.4 Å². The van der Waals surface area contributed by atoms with Gasteiger partial charge in [0.15, 0.2) is 55.9 Å². The number of aromatic nitrogens is 4. The highest BCUT2D eigenvalue weighted by Crippen LogP contribution is 2.37. The van der Waals surface area contributed by atoms with Crippen LogP contribution < -0.4 is 45.0 Å². The van der Waals surface area contributed by atoms with Crippen molar-refractivity contribution in [2.75, 3.05) is 48.6 Å². The number of methoxy groups -OCH3 is 5. The average molecular weight is 1500 g/mol. The van der Waals surface area contributed by atoms with Gasteiger partial charge in [0.1, 0.15) is 31.9 Å². The molecule has 0 aliphatic carbocycles. The zero-order chi connectivity index (χ0) is 69.8. The number of hydrogen-bond donors (Lipinski definition) is 5. The first kappa shape index (κ1) is 73.7. The summed E-state index contributed by atoms with van der Waals surface area (Å²) in [6, 6.07) is 19.0. The Kier molecular flexibility index (Phi) is 26.1. The predicted octanol–water partition coefficient (Wildman–Crippen LogP) is 5.69. The number of benzene rings is 2. The second-order valence-electron chi connectivity index (χ2n) is 18.7. The molecule has 5 N–H and O–H groups in total. The first-order chi connectivity index (χ1) is 44.7. The molecule has 2 saturated heterocycles. The molecule has 35 heteroatoms. The molecule has 490 valence electrons. The number of amides is 8. The number of hydrogen-bond acceptors (Lipinski definition) is 24. The Labute approximate surface area is 554 Å². The summed E-state index contributed by atoms with van der Waals surface area (Å²) in [4.78, 5) is 147. The highest BCUT2D eigenvalue weighted by molar-refractivity contribution is 9.11. The van der Waals surface area contributed by atoms with Gasteiger partial charge in [-0.2, -0.15) is 19.2 Å². The maximum atomic E-state index is 14.8. The van der Waals surface area contributed by atoms with Gasteiger partial charge in [0, 0.05) is 36.6 Å². The van der Waals surface area contributed by atoms with Crippen molar-refractivity contribution in [1.82, 2.24) is 51.0 Å². The molecule has 2 atom stereocenters. The standard InChI is InChI=1S/C22H17FN4O7.C15H12FN3O4.C7H6BrNO3.C7H8BrNO.C6H6BrNO.2CO2/c1-32-14-5-3-10-8-27(18(28)16(10)17(14)23)9-22(20(30)25-21(31)26-22)15-7-12-13(34-15)6-4-11(24-12)19(29)33-2;1-3-15(13(21)17-14(22)18-15)7-19-6-8-4-5-9(23-2)11(16)10(8)12(19)20;1-11-5-2-3-6(12-4-10)9-7(5)8;1-5-3-4-6(10-2)7(8)9-5;1-4-2-3-5(9)6(7)8-4;2*2-1-3/h3-7H,8-9H2,1-2H3,(H2,25,26,30,31);1,4-5H,6-7H2,2H3,(H2,17,18,21,22);2-4H,1H3;3-4H,1-2H3;2-3,9H,1H3;;/t22-;15-;;;;;/m01...../s1. The van der Waals surface area contributed by atoms with Crippen LogP contribution in [0.25, 0.3) is 11.1 Å². The molecule has 94 heavy (non-hydrogen) atoms. The van der Waals surface area contributed by atoms with Crippen molar-refractivity contribution >= 4 is 119 Å². The minimum Gasteiger partial charge on any atom is -0.505 e. The van der Waals surface area contributed by atoms with Gasteiger partial charge in [0.25, 0.3) is 30.1 Å². The molecule has 4 aliphatic rings. The number of aromatic hydroxyl groups is 1. The summed E-state index contributed by atoms with van der Waals surface area (Å²) in [7, 11) is 6.95. The molecule has 0 spiro atoms. The number of carbonyl (C=O) groups excluding carboxylic acids is 12. The molecule has 30 nitrogen and oxygen atoms in total. The van der Waals surface area contributed by atoms with Crippen LogP contribution in [-0.4, -0.2) is 149 Å². The van der Waals surface area contributed by atoms with Crippen molar-refractivity contribution in [3.63, 3.8) is 0 Å². The normalized spacial score (nSPS) is 15.7. The van der Waals surface area contributed by atoms with E-state index < -0.39 is 64.4 Å². The Morgan fingerprint density at radius 3 is 1.57 bits per heavy atom. The van der Waals surface area contributed by atoms with Gasteiger partial charge in [0.05, 0.1) is 59.8 Å². The summed E-state index contributed by atoms with van der Waals surface area (Å²) in [5.41, 5.74) is -0.493. The van der Waals surface area contributed by atoms with Crippen LogP contribution in [0.15, 0.2) is 97.1 Å². The van der Waals surface area contributed by atoms with Gasteiger partial charge in [0.2, 0.25) is 5.88 Å². The molecule has 0 unspecified atom stereocenters. The van der Waals surface area contributed by atoms with Crippen LogP contribution in [0.4, 0.5) is 18.4 Å². The van der Waals surface area contributed by atoms with Crippen molar-refractivity contribution in [3.05, 3.63) is 149 Å². The monoisotopic (exact) mass is 1490 g/mol. The van der Waals surface area contributed by atoms with Gasteiger partial charge in [-0.25, -0.2) is 43.1 Å². The second-order valence-corrected chi connectivity index (χ2v) is 21.0. The van der Waals surface area contributed by atoms with Crippen molar-refractivity contribution in [2.45, 2.75) is 38.0 Å². The molecule has 2 aromatic carbocycles. The maximum Gasteiger partial charge on any atom is 0.373 e. The Bertz CT molecular complexity index is 4190. The van der Waals surface area contributed by atoms with E-state index in [1.807, 2.05) is 31.3 Å². The van der Waals surface area contributed by atoms with Gasteiger partial charge in [-0.05, 0) is 127 Å². The SMILES string of the molecule is C#C[C@]1(CN2Cc3ccc(OC)c(F)c3C2=O)NC(=O)NC1=O.COC(=O)c1ccc2oc([C@]3(CN4Cc5ccc(OC)c(F)c5C4=O)NC(=O)NC3=O)cc2n1.COc1ccc(C)nc1Br.COc1ccc(OC=O)nc1Br.Cc1ccc(O)c(Br)n1.O=C=O.O=C=O. The van der Waals surface area contributed by atoms with Gasteiger partial charge in [-0.1, -0.05) is 18.1 Å². The zero-order valence-corrected chi connectivity index (χ0v) is 54.5. The fraction of sp³-hybridized carbons (Fsp3) is 0.220. The van der Waals surface area contributed by atoms with E-state index in [-0.39, 0.29) is 95.3 Å². The fourth-order valence-corrected chi connectivity index (χ4v) is 10.2. The molecule has 7 aromatic rings. The van der Waals surface area contributed by atoms with E-state index in [4.69, 9.17) is 54.1 Å². The Balaban J connectivity index is 0.000000229. The number of imide groups is 2. The van der Waals surface area contributed by atoms with Gasteiger partial charge in [-0.3, -0.25) is 34.6 Å². The topological polar surface area (TPSA) is 400 Å². The number of terminal acetylenes is 1. The fourth-order valence-electron chi connectivity index (χ4n) is 8.75. The lowest BCUT2D eigenvalue weighted by Gasteiger charge is -2.28. The number of nitrogens with one attached hydrogen (secondary N) is 4. The summed E-state index contributed by atoms with van der Waals surface area (Å²) in [6.07, 6.45) is 5.87. The Morgan fingerprint density at radius 1 is 0.660 bits per heavy atom. The zero-order valence-electron chi connectivity index (χ0n) is 49.8. The van der Waals surface area contributed by atoms with Crippen molar-refractivity contribution in [3.8, 4) is 47.0 Å². The summed E-state index contributed by atoms with van der Waals surface area (Å²) in [5.74, 6) is -1.12. The summed E-state index contributed by atoms with van der Waals surface area (Å²) < 4.78 is 65.5. The van der Waals surface area contributed by atoms with Crippen molar-refractivity contribution in [2.24, 2.45) is 0 Å². The van der Waals surface area contributed by atoms with E-state index in [1.54, 1.807) is 37.4 Å². The summed E-state index contributed by atoms with van der Waals surface area (Å²) in [6.45, 7) is 3.61. The quantitative estimate of drug-likeness (QED) is 0.0322. The largest absolute Gasteiger partial charge is 0.505 e. The first-order valence-electron chi connectivity index (χ1n) is 26.1. The minimum atomic E-state index is -1.80. The lowest BCUT2D eigenvalue weighted by molar-refractivity contribution is -0.193. The van der Waals surface area contributed by atoms with Gasteiger partial charge in [-0.15, -0.1) is 6.42 Å². The first-order valence-corrected chi connectivity index (χ1v) is 28.4. The third-order valence-corrected chi connectivity index (χ3v) is 14.8. The average Bonchev–Trinajstić information content (AvgIpc) is 1.59. The highest BCUT2D eigenvalue weighted by atomic mass is 79.9. The van der Waals surface area contributed by atoms with Crippen molar-refractivity contribution < 1.29 is 104 Å².